The molecule has 7 nitrogen and oxygen atoms in total. The molecule has 31 heavy (non-hydrogen) atoms. The Labute approximate surface area is 182 Å². The number of carbonyl (C=O) groups excluding carboxylic acids is 1. The number of piperidine rings is 1. The Balaban J connectivity index is 1.48. The lowest BCUT2D eigenvalue weighted by molar-refractivity contribution is -0.384. The number of morpholine rings is 1. The van der Waals surface area contributed by atoms with Crippen molar-refractivity contribution >= 4 is 17.2 Å². The topological polar surface area (TPSA) is 75.9 Å². The zero-order valence-corrected chi connectivity index (χ0v) is 18.1. The van der Waals surface area contributed by atoms with Crippen molar-refractivity contribution in [2.24, 2.45) is 0 Å². The molecule has 0 aliphatic carbocycles. The molecule has 0 N–H and O–H groups in total. The number of nitrogens with zero attached hydrogens (tertiary/aromatic N) is 3. The molecule has 2 atom stereocenters. The molecule has 164 valence electrons. The lowest BCUT2D eigenvalue weighted by atomic mass is 9.99. The Kier molecular flexibility index (Phi) is 6.34. The zero-order valence-electron chi connectivity index (χ0n) is 18.1. The molecule has 0 bridgehead atoms. The summed E-state index contributed by atoms with van der Waals surface area (Å²) in [6.07, 6.45) is 2.39. The molecular formula is C24H29N3O4. The first-order valence-electron chi connectivity index (χ1n) is 10.9. The second-order valence-electron chi connectivity index (χ2n) is 8.59. The van der Waals surface area contributed by atoms with Crippen LogP contribution in [0.5, 0.6) is 0 Å². The Morgan fingerprint density at radius 2 is 1.65 bits per heavy atom. The standard InChI is InChI=1S/C24H29N3O4/c1-17-15-26(16-18(2)31-17)21-10-12-25(13-11-21)22-9-8-20(14-23(22)27(29)30)24(28)19-6-4-3-5-7-19/h3-9,14,17-18,21H,10-13,15-16H2,1-2H3/t17-,18-/m0/s1. The molecule has 0 unspecified atom stereocenters. The van der Waals surface area contributed by atoms with Gasteiger partial charge in [0.05, 0.1) is 17.1 Å². The molecule has 0 amide bonds. The molecule has 2 aliphatic rings. The first-order chi connectivity index (χ1) is 14.9. The first-order valence-corrected chi connectivity index (χ1v) is 10.9. The van der Waals surface area contributed by atoms with Gasteiger partial charge in [0.15, 0.2) is 5.78 Å². The number of anilines is 1. The average Bonchev–Trinajstić information content (AvgIpc) is 2.78. The summed E-state index contributed by atoms with van der Waals surface area (Å²) in [5.41, 5.74) is 1.46. The molecule has 2 aliphatic heterocycles. The fourth-order valence-corrected chi connectivity index (χ4v) is 4.82. The van der Waals surface area contributed by atoms with Crippen molar-refractivity contribution < 1.29 is 14.5 Å². The predicted molar refractivity (Wildman–Crippen MR) is 120 cm³/mol. The summed E-state index contributed by atoms with van der Waals surface area (Å²) in [6.45, 7) is 7.62. The van der Waals surface area contributed by atoms with Gasteiger partial charge in [0.2, 0.25) is 0 Å². The molecule has 2 heterocycles. The summed E-state index contributed by atoms with van der Waals surface area (Å²) in [7, 11) is 0. The number of benzene rings is 2. The number of carbonyl (C=O) groups is 1. The largest absolute Gasteiger partial charge is 0.373 e. The van der Waals surface area contributed by atoms with Crippen LogP contribution < -0.4 is 4.90 Å². The minimum Gasteiger partial charge on any atom is -0.373 e. The van der Waals surface area contributed by atoms with E-state index in [0.29, 0.717) is 22.9 Å². The van der Waals surface area contributed by atoms with Gasteiger partial charge in [-0.1, -0.05) is 30.3 Å². The third kappa shape index (κ3) is 4.78. The van der Waals surface area contributed by atoms with Crippen LogP contribution in [0.4, 0.5) is 11.4 Å². The highest BCUT2D eigenvalue weighted by atomic mass is 16.6. The van der Waals surface area contributed by atoms with E-state index < -0.39 is 0 Å². The van der Waals surface area contributed by atoms with Crippen LogP contribution in [0.15, 0.2) is 48.5 Å². The number of ether oxygens (including phenoxy) is 1. The van der Waals surface area contributed by atoms with Crippen molar-refractivity contribution in [1.82, 2.24) is 4.90 Å². The maximum absolute atomic E-state index is 12.7. The van der Waals surface area contributed by atoms with Crippen molar-refractivity contribution in [3.63, 3.8) is 0 Å². The maximum Gasteiger partial charge on any atom is 0.293 e. The van der Waals surface area contributed by atoms with E-state index in [4.69, 9.17) is 4.74 Å². The average molecular weight is 424 g/mol. The van der Waals surface area contributed by atoms with Crippen molar-refractivity contribution in [2.45, 2.75) is 44.9 Å². The summed E-state index contributed by atoms with van der Waals surface area (Å²) in [5, 5.41) is 11.8. The third-order valence-electron chi connectivity index (χ3n) is 6.24. The number of nitro groups is 1. The van der Waals surface area contributed by atoms with Gasteiger partial charge in [0.1, 0.15) is 5.69 Å². The van der Waals surface area contributed by atoms with Crippen LogP contribution in [-0.4, -0.2) is 60.0 Å². The molecule has 7 heteroatoms. The molecule has 0 saturated carbocycles. The molecule has 0 spiro atoms. The van der Waals surface area contributed by atoms with Crippen LogP contribution in [0.1, 0.15) is 42.6 Å². The quantitative estimate of drug-likeness (QED) is 0.412. The molecule has 2 saturated heterocycles. The van der Waals surface area contributed by atoms with E-state index in [2.05, 4.69) is 23.6 Å². The number of hydrogen-bond acceptors (Lipinski definition) is 6. The highest BCUT2D eigenvalue weighted by Crippen LogP contribution is 2.33. The van der Waals surface area contributed by atoms with E-state index in [9.17, 15) is 14.9 Å². The van der Waals surface area contributed by atoms with Gasteiger partial charge in [0.25, 0.3) is 5.69 Å². The summed E-state index contributed by atoms with van der Waals surface area (Å²) >= 11 is 0. The molecular weight excluding hydrogens is 394 g/mol. The van der Waals surface area contributed by atoms with Crippen molar-refractivity contribution in [2.75, 3.05) is 31.1 Å². The molecule has 2 aromatic rings. The van der Waals surface area contributed by atoms with Crippen molar-refractivity contribution in [1.29, 1.82) is 0 Å². The maximum atomic E-state index is 12.7. The lowest BCUT2D eigenvalue weighted by Gasteiger charge is -2.44. The van der Waals surface area contributed by atoms with Crippen molar-refractivity contribution in [3.8, 4) is 0 Å². The second-order valence-corrected chi connectivity index (χ2v) is 8.59. The molecule has 2 aromatic carbocycles. The smallest absolute Gasteiger partial charge is 0.293 e. The summed E-state index contributed by atoms with van der Waals surface area (Å²) < 4.78 is 5.85. The van der Waals surface area contributed by atoms with E-state index in [0.717, 1.165) is 39.0 Å². The monoisotopic (exact) mass is 423 g/mol. The van der Waals surface area contributed by atoms with Gasteiger partial charge in [-0.05, 0) is 38.8 Å². The van der Waals surface area contributed by atoms with Gasteiger partial charge in [-0.2, -0.15) is 0 Å². The van der Waals surface area contributed by atoms with E-state index in [1.807, 2.05) is 6.07 Å². The number of ketones is 1. The van der Waals surface area contributed by atoms with Gasteiger partial charge >= 0.3 is 0 Å². The van der Waals surface area contributed by atoms with Crippen LogP contribution in [0.25, 0.3) is 0 Å². The fraction of sp³-hybridized carbons (Fsp3) is 0.458. The van der Waals surface area contributed by atoms with E-state index >= 15 is 0 Å². The van der Waals surface area contributed by atoms with Crippen LogP contribution >= 0.6 is 0 Å². The number of nitro benzene ring substituents is 1. The fourth-order valence-electron chi connectivity index (χ4n) is 4.82. The normalized spacial score (nSPS) is 23.0. The Bertz CT molecular complexity index is 931. The molecule has 2 fully saturated rings. The second kappa shape index (κ2) is 9.16. The number of rotatable bonds is 5. The molecule has 4 rings (SSSR count). The Hall–Kier alpha value is -2.77. The van der Waals surface area contributed by atoms with Crippen LogP contribution in [0.2, 0.25) is 0 Å². The van der Waals surface area contributed by atoms with E-state index in [1.165, 1.54) is 6.07 Å². The summed E-state index contributed by atoms with van der Waals surface area (Å²) in [5.74, 6) is -0.204. The third-order valence-corrected chi connectivity index (χ3v) is 6.24. The zero-order chi connectivity index (χ0) is 22.0. The van der Waals surface area contributed by atoms with Gasteiger partial charge in [-0.15, -0.1) is 0 Å². The molecule has 0 aromatic heterocycles. The SMILES string of the molecule is C[C@H]1CN(C2CCN(c3ccc(C(=O)c4ccccc4)cc3[N+](=O)[O-])CC2)C[C@H](C)O1. The predicted octanol–water partition coefficient (Wildman–Crippen LogP) is 3.90. The van der Waals surface area contributed by atoms with Gasteiger partial charge in [-0.25, -0.2) is 0 Å². The minimum absolute atomic E-state index is 0.00570. The lowest BCUT2D eigenvalue weighted by Crippen LogP contribution is -2.53. The van der Waals surface area contributed by atoms with Crippen LogP contribution in [0.3, 0.4) is 0 Å². The Morgan fingerprint density at radius 1 is 1.00 bits per heavy atom. The van der Waals surface area contributed by atoms with E-state index in [-0.39, 0.29) is 28.6 Å². The van der Waals surface area contributed by atoms with Crippen LogP contribution in [0, 0.1) is 10.1 Å². The number of hydrogen-bond donors (Lipinski definition) is 0. The van der Waals surface area contributed by atoms with E-state index in [1.54, 1.807) is 36.4 Å². The first kappa shape index (κ1) is 21.5. The highest BCUT2D eigenvalue weighted by molar-refractivity contribution is 6.09. The minimum atomic E-state index is -0.380. The van der Waals surface area contributed by atoms with Crippen molar-refractivity contribution in [3.05, 3.63) is 69.8 Å². The Morgan fingerprint density at radius 3 is 2.26 bits per heavy atom. The van der Waals surface area contributed by atoms with Gasteiger partial charge in [0, 0.05) is 49.4 Å². The van der Waals surface area contributed by atoms with Gasteiger partial charge < -0.3 is 9.64 Å². The summed E-state index contributed by atoms with van der Waals surface area (Å²) in [6, 6.07) is 14.2. The summed E-state index contributed by atoms with van der Waals surface area (Å²) in [4.78, 5) is 28.7. The van der Waals surface area contributed by atoms with Crippen LogP contribution in [-0.2, 0) is 4.74 Å². The molecule has 0 radical (unpaired) electrons. The highest BCUT2D eigenvalue weighted by Gasteiger charge is 2.32. The van der Waals surface area contributed by atoms with Gasteiger partial charge in [-0.3, -0.25) is 19.8 Å².